The van der Waals surface area contributed by atoms with Crippen LogP contribution in [0.5, 0.6) is 0 Å². The number of H-pyrrole nitrogens is 1. The summed E-state index contributed by atoms with van der Waals surface area (Å²) in [5, 5.41) is 0. The second kappa shape index (κ2) is 10.7. The number of nitrogens with one attached hydrogen (secondary N) is 1. The van der Waals surface area contributed by atoms with Crippen LogP contribution >= 0.6 is 0 Å². The van der Waals surface area contributed by atoms with Crippen molar-refractivity contribution in [3.8, 4) is 0 Å². The van der Waals surface area contributed by atoms with Crippen molar-refractivity contribution in [2.75, 3.05) is 0 Å². The fourth-order valence-corrected chi connectivity index (χ4v) is 2.96. The van der Waals surface area contributed by atoms with Crippen molar-refractivity contribution in [2.45, 2.75) is 26.3 Å². The summed E-state index contributed by atoms with van der Waals surface area (Å²) in [6.45, 7) is 2.77. The number of benzene rings is 2. The molecule has 6 nitrogen and oxygen atoms in total. The van der Waals surface area contributed by atoms with Crippen LogP contribution in [0.15, 0.2) is 85.5 Å². The molecule has 0 unspecified atom stereocenters. The number of aromatic nitrogens is 4. The van der Waals surface area contributed by atoms with Crippen molar-refractivity contribution in [2.24, 2.45) is 0 Å². The molecule has 0 fully saturated rings. The number of nitrogens with zero attached hydrogens (tertiary/aromatic N) is 3. The van der Waals surface area contributed by atoms with Crippen molar-refractivity contribution < 1.29 is 9.59 Å². The number of imidazole rings is 2. The lowest BCUT2D eigenvalue weighted by Gasteiger charge is -2.03. The van der Waals surface area contributed by atoms with Crippen LogP contribution in [0.1, 0.15) is 39.3 Å². The highest BCUT2D eigenvalue weighted by atomic mass is 16.1. The topological polar surface area (TPSA) is 80.6 Å². The Hall–Kier alpha value is -3.80. The third kappa shape index (κ3) is 5.85. The van der Waals surface area contributed by atoms with E-state index in [4.69, 9.17) is 0 Å². The highest BCUT2D eigenvalue weighted by Crippen LogP contribution is 2.06. The molecular formula is C24H24N4O2. The van der Waals surface area contributed by atoms with Crippen molar-refractivity contribution in [3.05, 3.63) is 108 Å². The summed E-state index contributed by atoms with van der Waals surface area (Å²) in [6.07, 6.45) is 7.54. The van der Waals surface area contributed by atoms with Gasteiger partial charge in [-0.05, 0) is 18.1 Å². The number of hydrogen-bond donors (Lipinski definition) is 1. The number of hydrogen-bond acceptors (Lipinski definition) is 4. The number of rotatable bonds is 7. The van der Waals surface area contributed by atoms with Gasteiger partial charge in [0.15, 0.2) is 11.6 Å². The molecule has 0 radical (unpaired) electrons. The molecular weight excluding hydrogens is 376 g/mol. The summed E-state index contributed by atoms with van der Waals surface area (Å²) < 4.78 is 1.87. The zero-order chi connectivity index (χ0) is 21.2. The average molecular weight is 400 g/mol. The Kier molecular flexibility index (Phi) is 7.44. The van der Waals surface area contributed by atoms with Gasteiger partial charge in [-0.1, -0.05) is 60.7 Å². The Morgan fingerprint density at radius 2 is 1.43 bits per heavy atom. The summed E-state index contributed by atoms with van der Waals surface area (Å²) in [6, 6.07) is 19.4. The summed E-state index contributed by atoms with van der Waals surface area (Å²) in [5.74, 6) is 1.06. The van der Waals surface area contributed by atoms with E-state index in [1.807, 2.05) is 78.4 Å². The zero-order valence-electron chi connectivity index (χ0n) is 16.9. The van der Waals surface area contributed by atoms with Gasteiger partial charge < -0.3 is 9.55 Å². The first-order valence-electron chi connectivity index (χ1n) is 9.82. The van der Waals surface area contributed by atoms with Crippen LogP contribution in [0.3, 0.4) is 0 Å². The second-order valence-corrected chi connectivity index (χ2v) is 6.65. The highest BCUT2D eigenvalue weighted by molar-refractivity contribution is 5.94. The van der Waals surface area contributed by atoms with Gasteiger partial charge >= 0.3 is 0 Å². The Morgan fingerprint density at radius 1 is 0.833 bits per heavy atom. The lowest BCUT2D eigenvalue weighted by Crippen LogP contribution is -2.11. The standard InChI is InChI=1S/C13H14N2O.C11H10N2O/c1-2-15-9-8-14-13(15)12(16)10-11-6-4-3-5-7-11;14-10(11-12-6-7-13-11)8-9-4-2-1-3-5-9/h3-9H,2,10H2,1H3;1-7H,8H2,(H,12,13). The molecule has 0 aliphatic carbocycles. The van der Waals surface area contributed by atoms with E-state index in [-0.39, 0.29) is 11.6 Å². The van der Waals surface area contributed by atoms with Crippen molar-refractivity contribution in [1.82, 2.24) is 19.5 Å². The predicted octanol–water partition coefficient (Wildman–Crippen LogP) is 4.16. The number of Topliss-reactive ketones (excluding diaryl/α,β-unsaturated/α-hetero) is 2. The zero-order valence-corrected chi connectivity index (χ0v) is 16.9. The van der Waals surface area contributed by atoms with E-state index < -0.39 is 0 Å². The molecule has 2 aromatic heterocycles. The quantitative estimate of drug-likeness (QED) is 0.472. The highest BCUT2D eigenvalue weighted by Gasteiger charge is 2.12. The third-order valence-corrected chi connectivity index (χ3v) is 4.48. The largest absolute Gasteiger partial charge is 0.342 e. The molecule has 0 atom stereocenters. The maximum atomic E-state index is 12.0. The Balaban J connectivity index is 0.000000172. The Bertz CT molecular complexity index is 1060. The maximum absolute atomic E-state index is 12.0. The van der Waals surface area contributed by atoms with Crippen LogP contribution in [0.4, 0.5) is 0 Å². The molecule has 2 aromatic carbocycles. The predicted molar refractivity (Wildman–Crippen MR) is 115 cm³/mol. The van der Waals surface area contributed by atoms with E-state index in [1.54, 1.807) is 18.6 Å². The monoisotopic (exact) mass is 400 g/mol. The molecule has 0 spiro atoms. The molecule has 30 heavy (non-hydrogen) atoms. The number of carbonyl (C=O) groups excluding carboxylic acids is 2. The van der Waals surface area contributed by atoms with Crippen LogP contribution in [-0.2, 0) is 19.4 Å². The van der Waals surface area contributed by atoms with Crippen LogP contribution in [0, 0.1) is 0 Å². The molecule has 6 heteroatoms. The minimum absolute atomic E-state index is 0.0150. The van der Waals surface area contributed by atoms with Gasteiger partial charge in [-0.25, -0.2) is 9.97 Å². The summed E-state index contributed by atoms with van der Waals surface area (Å²) in [7, 11) is 0. The summed E-state index contributed by atoms with van der Waals surface area (Å²) in [4.78, 5) is 34.4. The number of carbonyl (C=O) groups is 2. The van der Waals surface area contributed by atoms with Gasteiger partial charge in [-0.2, -0.15) is 0 Å². The van der Waals surface area contributed by atoms with E-state index in [1.165, 1.54) is 0 Å². The smallest absolute Gasteiger partial charge is 0.202 e. The van der Waals surface area contributed by atoms with Gasteiger partial charge in [0, 0.05) is 44.2 Å². The average Bonchev–Trinajstić information content (AvgIpc) is 3.48. The minimum Gasteiger partial charge on any atom is -0.342 e. The molecule has 0 bridgehead atoms. The molecule has 0 aliphatic heterocycles. The van der Waals surface area contributed by atoms with E-state index in [0.29, 0.717) is 24.5 Å². The van der Waals surface area contributed by atoms with Crippen LogP contribution in [0.2, 0.25) is 0 Å². The first-order chi connectivity index (χ1) is 14.7. The second-order valence-electron chi connectivity index (χ2n) is 6.65. The van der Waals surface area contributed by atoms with Crippen molar-refractivity contribution in [3.63, 3.8) is 0 Å². The molecule has 152 valence electrons. The number of aromatic amines is 1. The summed E-state index contributed by atoms with van der Waals surface area (Å²) in [5.41, 5.74) is 2.03. The number of ketones is 2. The Labute approximate surface area is 175 Å². The van der Waals surface area contributed by atoms with Crippen LogP contribution in [-0.4, -0.2) is 31.1 Å². The molecule has 2 heterocycles. The lowest BCUT2D eigenvalue weighted by molar-refractivity contribution is 0.0973. The maximum Gasteiger partial charge on any atom is 0.202 e. The molecule has 1 N–H and O–H groups in total. The van der Waals surface area contributed by atoms with Crippen LogP contribution in [0.25, 0.3) is 0 Å². The van der Waals surface area contributed by atoms with E-state index in [0.717, 1.165) is 17.7 Å². The summed E-state index contributed by atoms with van der Waals surface area (Å²) >= 11 is 0. The molecule has 0 amide bonds. The van der Waals surface area contributed by atoms with Gasteiger partial charge in [0.25, 0.3) is 0 Å². The number of aryl methyl sites for hydroxylation is 1. The molecule has 0 saturated carbocycles. The molecule has 4 aromatic rings. The van der Waals surface area contributed by atoms with E-state index in [2.05, 4.69) is 15.0 Å². The Morgan fingerprint density at radius 3 is 1.97 bits per heavy atom. The molecule has 0 aliphatic rings. The molecule has 0 saturated heterocycles. The van der Waals surface area contributed by atoms with Crippen LogP contribution < -0.4 is 0 Å². The van der Waals surface area contributed by atoms with E-state index >= 15 is 0 Å². The van der Waals surface area contributed by atoms with Crippen molar-refractivity contribution in [1.29, 1.82) is 0 Å². The van der Waals surface area contributed by atoms with Crippen molar-refractivity contribution >= 4 is 11.6 Å². The van der Waals surface area contributed by atoms with Gasteiger partial charge in [0.1, 0.15) is 0 Å². The lowest BCUT2D eigenvalue weighted by atomic mass is 10.1. The first-order valence-corrected chi connectivity index (χ1v) is 9.82. The van der Waals surface area contributed by atoms with Gasteiger partial charge in [-0.15, -0.1) is 0 Å². The first kappa shape index (κ1) is 20.9. The van der Waals surface area contributed by atoms with E-state index in [9.17, 15) is 9.59 Å². The minimum atomic E-state index is 0.0150. The van der Waals surface area contributed by atoms with Gasteiger partial charge in [0.05, 0.1) is 0 Å². The fourth-order valence-electron chi connectivity index (χ4n) is 2.96. The fraction of sp³-hybridized carbons (Fsp3) is 0.167. The SMILES string of the molecule is CCn1ccnc1C(=O)Cc1ccccc1.O=C(Cc1ccccc1)c1ncc[nH]1. The molecule has 4 rings (SSSR count). The van der Waals surface area contributed by atoms with Gasteiger partial charge in [-0.3, -0.25) is 9.59 Å². The van der Waals surface area contributed by atoms with Gasteiger partial charge in [0.2, 0.25) is 11.6 Å². The third-order valence-electron chi connectivity index (χ3n) is 4.48. The normalized spacial score (nSPS) is 10.2.